The molecule has 0 amide bonds. The minimum Gasteiger partial charge on any atom is -0.395 e. The van der Waals surface area contributed by atoms with E-state index in [4.69, 9.17) is 5.11 Å². The molecular weight excluding hydrogens is 306 g/mol. The van der Waals surface area contributed by atoms with E-state index in [9.17, 15) is 4.79 Å². The van der Waals surface area contributed by atoms with Crippen molar-refractivity contribution in [2.24, 2.45) is 0 Å². The summed E-state index contributed by atoms with van der Waals surface area (Å²) in [7, 11) is 0. The van der Waals surface area contributed by atoms with E-state index in [0.717, 1.165) is 16.8 Å². The minimum atomic E-state index is -0.287. The van der Waals surface area contributed by atoms with Crippen molar-refractivity contribution in [2.75, 3.05) is 6.61 Å². The number of benzene rings is 1. The van der Waals surface area contributed by atoms with Gasteiger partial charge in [0, 0.05) is 12.7 Å². The van der Waals surface area contributed by atoms with Crippen LogP contribution in [-0.4, -0.2) is 36.1 Å². The Labute approximate surface area is 136 Å². The van der Waals surface area contributed by atoms with Gasteiger partial charge < -0.3 is 9.67 Å². The Balaban J connectivity index is 2.04. The summed E-state index contributed by atoms with van der Waals surface area (Å²) in [5, 5.41) is 22.0. The first-order chi connectivity index (χ1) is 11.7. The molecule has 7 nitrogen and oxygen atoms in total. The van der Waals surface area contributed by atoms with Gasteiger partial charge in [0.2, 0.25) is 0 Å². The number of nitrogens with zero attached hydrogens (tertiary/aromatic N) is 5. The van der Waals surface area contributed by atoms with Gasteiger partial charge in [-0.25, -0.2) is 4.52 Å². The van der Waals surface area contributed by atoms with Crippen LogP contribution in [-0.2, 0) is 6.54 Å². The van der Waals surface area contributed by atoms with Gasteiger partial charge in [0.25, 0.3) is 5.56 Å². The lowest BCUT2D eigenvalue weighted by atomic mass is 10.1. The van der Waals surface area contributed by atoms with Crippen LogP contribution in [0, 0.1) is 6.92 Å². The third-order valence-corrected chi connectivity index (χ3v) is 4.03. The smallest absolute Gasteiger partial charge is 0.280 e. The van der Waals surface area contributed by atoms with Gasteiger partial charge in [-0.15, -0.1) is 10.2 Å². The number of aryl methyl sites for hydroxylation is 1. The van der Waals surface area contributed by atoms with Crippen molar-refractivity contribution in [2.45, 2.75) is 13.5 Å². The molecule has 0 atom stereocenters. The fraction of sp³-hybridized carbons (Fsp3) is 0.176. The molecule has 0 bridgehead atoms. The summed E-state index contributed by atoms with van der Waals surface area (Å²) >= 11 is 0. The Bertz CT molecular complexity index is 1100. The molecule has 0 saturated carbocycles. The highest BCUT2D eigenvalue weighted by Gasteiger charge is 2.17. The number of pyridine rings is 1. The molecule has 0 radical (unpaired) electrons. The van der Waals surface area contributed by atoms with Crippen LogP contribution in [0.3, 0.4) is 0 Å². The van der Waals surface area contributed by atoms with Crippen molar-refractivity contribution in [1.82, 2.24) is 24.4 Å². The molecule has 24 heavy (non-hydrogen) atoms. The first-order valence-electron chi connectivity index (χ1n) is 7.62. The second-order valence-electron chi connectivity index (χ2n) is 5.53. The Kier molecular flexibility index (Phi) is 3.35. The van der Waals surface area contributed by atoms with E-state index in [1.54, 1.807) is 16.8 Å². The maximum atomic E-state index is 12.4. The first-order valence-corrected chi connectivity index (χ1v) is 7.62. The van der Waals surface area contributed by atoms with Crippen LogP contribution in [0.4, 0.5) is 0 Å². The molecule has 120 valence electrons. The SMILES string of the molecule is Cc1nn2c(nnc3c(=O)n(CCO)ccc32)c1-c1ccccc1. The first kappa shape index (κ1) is 14.5. The van der Waals surface area contributed by atoms with Gasteiger partial charge >= 0.3 is 0 Å². The van der Waals surface area contributed by atoms with Crippen LogP contribution in [0.15, 0.2) is 47.4 Å². The third kappa shape index (κ3) is 2.10. The number of aliphatic hydroxyl groups is 1. The predicted octanol–water partition coefficient (Wildman–Crippen LogP) is 1.41. The summed E-state index contributed by atoms with van der Waals surface area (Å²) in [6, 6.07) is 11.6. The van der Waals surface area contributed by atoms with E-state index in [0.29, 0.717) is 11.2 Å². The van der Waals surface area contributed by atoms with E-state index in [-0.39, 0.29) is 24.2 Å². The average Bonchev–Trinajstić information content (AvgIpc) is 2.94. The monoisotopic (exact) mass is 321 g/mol. The quantitative estimate of drug-likeness (QED) is 0.616. The molecule has 1 N–H and O–H groups in total. The van der Waals surface area contributed by atoms with Crippen molar-refractivity contribution in [3.05, 3.63) is 58.6 Å². The van der Waals surface area contributed by atoms with Gasteiger partial charge in [0.1, 0.15) is 5.52 Å². The largest absolute Gasteiger partial charge is 0.395 e. The Hall–Kier alpha value is -3.06. The summed E-state index contributed by atoms with van der Waals surface area (Å²) in [6.45, 7) is 2.03. The van der Waals surface area contributed by atoms with Crippen LogP contribution in [0.5, 0.6) is 0 Å². The molecule has 4 rings (SSSR count). The second kappa shape index (κ2) is 5.54. The maximum absolute atomic E-state index is 12.4. The minimum absolute atomic E-state index is 0.111. The van der Waals surface area contributed by atoms with Crippen LogP contribution in [0.1, 0.15) is 5.69 Å². The fourth-order valence-corrected chi connectivity index (χ4v) is 2.92. The van der Waals surface area contributed by atoms with Crippen molar-refractivity contribution in [3.63, 3.8) is 0 Å². The zero-order chi connectivity index (χ0) is 16.7. The molecule has 0 unspecified atom stereocenters. The molecular formula is C17H15N5O2. The highest BCUT2D eigenvalue weighted by Crippen LogP contribution is 2.27. The molecule has 3 heterocycles. The molecule has 0 saturated heterocycles. The van der Waals surface area contributed by atoms with Crippen molar-refractivity contribution >= 4 is 16.7 Å². The standard InChI is InChI=1S/C17H15N5O2/c1-11-14(12-5-3-2-4-6-12)16-19-18-15-13(22(16)20-11)7-8-21(9-10-23)17(15)24/h2-8,23H,9-10H2,1H3. The average molecular weight is 321 g/mol. The molecule has 0 fully saturated rings. The molecule has 7 heteroatoms. The summed E-state index contributed by atoms with van der Waals surface area (Å²) in [4.78, 5) is 12.4. The normalized spacial score (nSPS) is 11.4. The van der Waals surface area contributed by atoms with Gasteiger partial charge in [0.15, 0.2) is 11.2 Å². The highest BCUT2D eigenvalue weighted by atomic mass is 16.3. The van der Waals surface area contributed by atoms with E-state index >= 15 is 0 Å². The summed E-state index contributed by atoms with van der Waals surface area (Å²) in [5.74, 6) is 0. The lowest BCUT2D eigenvalue weighted by Gasteiger charge is -2.05. The number of fused-ring (bicyclic) bond motifs is 3. The Morgan fingerprint density at radius 1 is 1.12 bits per heavy atom. The maximum Gasteiger partial charge on any atom is 0.280 e. The number of aliphatic hydroxyl groups excluding tert-OH is 1. The fourth-order valence-electron chi connectivity index (χ4n) is 2.92. The third-order valence-electron chi connectivity index (χ3n) is 4.03. The second-order valence-corrected chi connectivity index (χ2v) is 5.53. The van der Waals surface area contributed by atoms with Crippen LogP contribution in [0.25, 0.3) is 27.8 Å². The van der Waals surface area contributed by atoms with Crippen LogP contribution < -0.4 is 5.56 Å². The molecule has 1 aromatic carbocycles. The molecule has 0 spiro atoms. The van der Waals surface area contributed by atoms with Crippen molar-refractivity contribution in [1.29, 1.82) is 0 Å². The van der Waals surface area contributed by atoms with Crippen molar-refractivity contribution < 1.29 is 5.11 Å². The highest BCUT2D eigenvalue weighted by molar-refractivity contribution is 5.84. The van der Waals surface area contributed by atoms with E-state index in [1.165, 1.54) is 4.57 Å². The topological polar surface area (TPSA) is 85.3 Å². The Morgan fingerprint density at radius 3 is 2.67 bits per heavy atom. The number of hydrogen-bond donors (Lipinski definition) is 1. The Morgan fingerprint density at radius 2 is 1.92 bits per heavy atom. The van der Waals surface area contributed by atoms with E-state index in [2.05, 4.69) is 15.3 Å². The number of rotatable bonds is 3. The van der Waals surface area contributed by atoms with Crippen molar-refractivity contribution in [3.8, 4) is 11.1 Å². The van der Waals surface area contributed by atoms with E-state index < -0.39 is 0 Å². The molecule has 4 aromatic rings. The number of aromatic nitrogens is 5. The molecule has 0 aliphatic rings. The van der Waals surface area contributed by atoms with Gasteiger partial charge in [0.05, 0.1) is 17.9 Å². The van der Waals surface area contributed by atoms with Gasteiger partial charge in [-0.1, -0.05) is 30.3 Å². The van der Waals surface area contributed by atoms with Gasteiger partial charge in [-0.3, -0.25) is 4.79 Å². The van der Waals surface area contributed by atoms with Crippen LogP contribution in [0.2, 0.25) is 0 Å². The summed E-state index contributed by atoms with van der Waals surface area (Å²) in [5.41, 5.74) is 3.90. The van der Waals surface area contributed by atoms with Gasteiger partial charge in [-0.2, -0.15) is 5.10 Å². The molecule has 0 aliphatic carbocycles. The zero-order valence-corrected chi connectivity index (χ0v) is 13.0. The van der Waals surface area contributed by atoms with Crippen LogP contribution >= 0.6 is 0 Å². The summed E-state index contributed by atoms with van der Waals surface area (Å²) < 4.78 is 3.07. The van der Waals surface area contributed by atoms with Gasteiger partial charge in [-0.05, 0) is 18.6 Å². The lowest BCUT2D eigenvalue weighted by molar-refractivity contribution is 0.274. The number of hydrogen-bond acceptors (Lipinski definition) is 5. The lowest BCUT2D eigenvalue weighted by Crippen LogP contribution is -2.23. The zero-order valence-electron chi connectivity index (χ0n) is 13.0. The summed E-state index contributed by atoms with van der Waals surface area (Å²) in [6.07, 6.45) is 1.64. The predicted molar refractivity (Wildman–Crippen MR) is 89.8 cm³/mol. The van der Waals surface area contributed by atoms with E-state index in [1.807, 2.05) is 37.3 Å². The molecule has 3 aromatic heterocycles. The molecule has 0 aliphatic heterocycles.